The van der Waals surface area contributed by atoms with Gasteiger partial charge in [-0.15, -0.1) is 10.2 Å². The first-order chi connectivity index (χ1) is 15.6. The maximum atomic E-state index is 6.11. The fraction of sp³-hybridized carbons (Fsp3) is 0.111. The highest BCUT2D eigenvalue weighted by Crippen LogP contribution is 2.31. The van der Waals surface area contributed by atoms with Crippen LogP contribution in [0.2, 0.25) is 5.02 Å². The van der Waals surface area contributed by atoms with E-state index in [0.29, 0.717) is 5.02 Å². The smallest absolute Gasteiger partial charge is 0.196 e. The van der Waals surface area contributed by atoms with E-state index in [2.05, 4.69) is 89.3 Å². The molecule has 0 aliphatic rings. The van der Waals surface area contributed by atoms with Gasteiger partial charge in [-0.3, -0.25) is 4.57 Å². The Labute approximate surface area is 197 Å². The molecular weight excluding hydrogens is 434 g/mol. The number of halogens is 1. The highest BCUT2D eigenvalue weighted by molar-refractivity contribution is 7.98. The number of thioether (sulfide) groups is 1. The van der Waals surface area contributed by atoms with Crippen molar-refractivity contribution in [3.05, 3.63) is 107 Å². The molecule has 0 atom stereocenters. The third-order valence-corrected chi connectivity index (χ3v) is 6.92. The first-order valence-corrected chi connectivity index (χ1v) is 11.8. The molecule has 0 aliphatic carbocycles. The monoisotopic (exact) mass is 455 g/mol. The zero-order valence-corrected chi connectivity index (χ0v) is 19.5. The van der Waals surface area contributed by atoms with Crippen molar-refractivity contribution in [3.8, 4) is 17.1 Å². The van der Waals surface area contributed by atoms with Gasteiger partial charge < -0.3 is 0 Å². The molecule has 0 fully saturated rings. The van der Waals surface area contributed by atoms with E-state index in [-0.39, 0.29) is 0 Å². The summed E-state index contributed by atoms with van der Waals surface area (Å²) in [6.45, 7) is 4.26. The van der Waals surface area contributed by atoms with Crippen molar-refractivity contribution >= 4 is 34.1 Å². The Morgan fingerprint density at radius 3 is 2.34 bits per heavy atom. The van der Waals surface area contributed by atoms with Crippen LogP contribution in [0.25, 0.3) is 27.8 Å². The molecule has 0 bridgehead atoms. The van der Waals surface area contributed by atoms with Crippen molar-refractivity contribution in [2.45, 2.75) is 24.8 Å². The summed E-state index contributed by atoms with van der Waals surface area (Å²) in [5.41, 5.74) is 5.81. The first kappa shape index (κ1) is 20.8. The molecule has 1 heterocycles. The molecule has 0 spiro atoms. The molecule has 0 radical (unpaired) electrons. The van der Waals surface area contributed by atoms with Gasteiger partial charge in [0.05, 0.1) is 5.69 Å². The van der Waals surface area contributed by atoms with Crippen LogP contribution in [-0.4, -0.2) is 14.8 Å². The van der Waals surface area contributed by atoms with E-state index in [0.717, 1.165) is 28.0 Å². The van der Waals surface area contributed by atoms with Crippen LogP contribution in [0.1, 0.15) is 16.7 Å². The summed E-state index contributed by atoms with van der Waals surface area (Å²) in [6.07, 6.45) is 0. The van der Waals surface area contributed by atoms with Gasteiger partial charge in [0.15, 0.2) is 11.0 Å². The van der Waals surface area contributed by atoms with Gasteiger partial charge in [0.25, 0.3) is 0 Å². The molecule has 4 aromatic carbocycles. The largest absolute Gasteiger partial charge is 0.270 e. The van der Waals surface area contributed by atoms with Gasteiger partial charge in [-0.1, -0.05) is 71.9 Å². The fourth-order valence-corrected chi connectivity index (χ4v) is 4.74. The lowest BCUT2D eigenvalue weighted by Gasteiger charge is -2.12. The molecule has 0 unspecified atom stereocenters. The molecule has 3 nitrogen and oxygen atoms in total. The fourth-order valence-electron chi connectivity index (χ4n) is 3.72. The van der Waals surface area contributed by atoms with Gasteiger partial charge >= 0.3 is 0 Å². The average molecular weight is 456 g/mol. The van der Waals surface area contributed by atoms with Crippen molar-refractivity contribution in [3.63, 3.8) is 0 Å². The number of fused-ring (bicyclic) bond motifs is 1. The molecular formula is C27H22ClN3S. The van der Waals surface area contributed by atoms with Gasteiger partial charge in [0.1, 0.15) is 0 Å². The van der Waals surface area contributed by atoms with E-state index in [1.54, 1.807) is 11.8 Å². The van der Waals surface area contributed by atoms with Gasteiger partial charge in [0, 0.05) is 16.3 Å². The number of hydrogen-bond donors (Lipinski definition) is 0. The molecule has 1 aromatic heterocycles. The number of hydrogen-bond acceptors (Lipinski definition) is 3. The molecule has 0 aliphatic heterocycles. The number of rotatable bonds is 5. The van der Waals surface area contributed by atoms with Crippen molar-refractivity contribution in [2.75, 3.05) is 0 Å². The second-order valence-corrected chi connectivity index (χ2v) is 9.27. The molecule has 0 saturated heterocycles. The van der Waals surface area contributed by atoms with Crippen molar-refractivity contribution in [2.24, 2.45) is 0 Å². The van der Waals surface area contributed by atoms with Gasteiger partial charge in [-0.25, -0.2) is 0 Å². The number of aryl methyl sites for hydroxylation is 2. The second-order valence-electron chi connectivity index (χ2n) is 7.89. The van der Waals surface area contributed by atoms with Gasteiger partial charge in [-0.2, -0.15) is 0 Å². The lowest BCUT2D eigenvalue weighted by molar-refractivity contribution is 0.884. The summed E-state index contributed by atoms with van der Waals surface area (Å²) >= 11 is 7.81. The molecule has 32 heavy (non-hydrogen) atoms. The van der Waals surface area contributed by atoms with E-state index < -0.39 is 0 Å². The highest BCUT2D eigenvalue weighted by atomic mass is 35.5. The zero-order valence-electron chi connectivity index (χ0n) is 17.9. The topological polar surface area (TPSA) is 30.7 Å². The van der Waals surface area contributed by atoms with Crippen molar-refractivity contribution in [1.82, 2.24) is 14.8 Å². The normalized spacial score (nSPS) is 11.2. The third kappa shape index (κ3) is 4.16. The minimum atomic E-state index is 0.705. The predicted octanol–water partition coefficient (Wildman–Crippen LogP) is 7.65. The molecule has 5 aromatic rings. The molecule has 0 N–H and O–H groups in total. The molecule has 0 saturated carbocycles. The summed E-state index contributed by atoms with van der Waals surface area (Å²) in [5.74, 6) is 1.62. The molecule has 5 rings (SSSR count). The Kier molecular flexibility index (Phi) is 5.73. The summed E-state index contributed by atoms with van der Waals surface area (Å²) in [7, 11) is 0. The van der Waals surface area contributed by atoms with Gasteiger partial charge in [-0.05, 0) is 77.7 Å². The summed E-state index contributed by atoms with van der Waals surface area (Å²) in [6, 6.07) is 29.3. The van der Waals surface area contributed by atoms with Crippen molar-refractivity contribution in [1.29, 1.82) is 0 Å². The Morgan fingerprint density at radius 2 is 1.56 bits per heavy atom. The second kappa shape index (κ2) is 8.81. The number of benzene rings is 4. The number of nitrogens with zero attached hydrogens (tertiary/aromatic N) is 3. The minimum Gasteiger partial charge on any atom is -0.270 e. The summed E-state index contributed by atoms with van der Waals surface area (Å²) in [4.78, 5) is 0. The first-order valence-electron chi connectivity index (χ1n) is 10.5. The SMILES string of the molecule is Cc1ccc(-n2c(SCc3ccc4ccccc4c3)nnc2-c2ccc(Cl)cc2)cc1C. The van der Waals surface area contributed by atoms with Crippen LogP contribution in [0.5, 0.6) is 0 Å². The minimum absolute atomic E-state index is 0.705. The van der Waals surface area contributed by atoms with Crippen LogP contribution >= 0.6 is 23.4 Å². The van der Waals surface area contributed by atoms with Crippen LogP contribution in [0.4, 0.5) is 0 Å². The van der Waals surface area contributed by atoms with E-state index in [9.17, 15) is 0 Å². The molecule has 158 valence electrons. The standard InChI is InChI=1S/C27H22ClN3S/c1-18-7-14-25(15-19(18)2)31-26(22-10-12-24(28)13-11-22)29-30-27(31)32-17-20-8-9-21-5-3-4-6-23(21)16-20/h3-16H,17H2,1-2H3. The maximum Gasteiger partial charge on any atom is 0.196 e. The lowest BCUT2D eigenvalue weighted by Crippen LogP contribution is -2.01. The number of aromatic nitrogens is 3. The quantitative estimate of drug-likeness (QED) is 0.255. The van der Waals surface area contributed by atoms with E-state index >= 15 is 0 Å². The van der Waals surface area contributed by atoms with E-state index in [1.165, 1.54) is 27.5 Å². The Hall–Kier alpha value is -3.08. The highest BCUT2D eigenvalue weighted by Gasteiger charge is 2.17. The molecule has 0 amide bonds. The van der Waals surface area contributed by atoms with Crippen LogP contribution in [-0.2, 0) is 5.75 Å². The zero-order chi connectivity index (χ0) is 22.1. The lowest BCUT2D eigenvalue weighted by atomic mass is 10.1. The van der Waals surface area contributed by atoms with E-state index in [1.807, 2.05) is 24.3 Å². The Morgan fingerprint density at radius 1 is 0.781 bits per heavy atom. The summed E-state index contributed by atoms with van der Waals surface area (Å²) < 4.78 is 2.14. The van der Waals surface area contributed by atoms with Crippen molar-refractivity contribution < 1.29 is 0 Å². The molecule has 5 heteroatoms. The maximum absolute atomic E-state index is 6.11. The van der Waals surface area contributed by atoms with Crippen LogP contribution < -0.4 is 0 Å². The van der Waals surface area contributed by atoms with E-state index in [4.69, 9.17) is 11.6 Å². The predicted molar refractivity (Wildman–Crippen MR) is 135 cm³/mol. The third-order valence-electron chi connectivity index (χ3n) is 5.67. The van der Waals surface area contributed by atoms with Crippen LogP contribution in [0, 0.1) is 13.8 Å². The van der Waals surface area contributed by atoms with Crippen LogP contribution in [0.15, 0.2) is 90.1 Å². The van der Waals surface area contributed by atoms with Crippen LogP contribution in [0.3, 0.4) is 0 Å². The van der Waals surface area contributed by atoms with Gasteiger partial charge in [0.2, 0.25) is 0 Å². The Bertz CT molecular complexity index is 1410. The summed E-state index contributed by atoms with van der Waals surface area (Å²) in [5, 5.41) is 13.2. The Balaban J connectivity index is 1.53. The average Bonchev–Trinajstić information content (AvgIpc) is 3.24.